The SMILES string of the molecule is Fc1ccc2[nH]c3c(c2c1)CN(C[C@H]1COCCO1)CC3. The molecule has 4 rings (SSSR count). The van der Waals surface area contributed by atoms with Gasteiger partial charge in [0.15, 0.2) is 0 Å². The summed E-state index contributed by atoms with van der Waals surface area (Å²) in [6, 6.07) is 4.97. The molecule has 112 valence electrons. The Bertz CT molecular complexity index is 649. The number of aromatic nitrogens is 1. The van der Waals surface area contributed by atoms with E-state index >= 15 is 0 Å². The number of aromatic amines is 1. The standard InChI is InChI=1S/C16H19FN2O2/c17-11-1-2-15-13(7-11)14-9-19(4-3-16(14)18-15)8-12-10-20-5-6-21-12/h1-2,7,12,18H,3-6,8-10H2/t12-/m0/s1. The van der Waals surface area contributed by atoms with E-state index < -0.39 is 0 Å². The number of halogens is 1. The predicted molar refractivity (Wildman–Crippen MR) is 77.8 cm³/mol. The van der Waals surface area contributed by atoms with Gasteiger partial charge in [-0.1, -0.05) is 0 Å². The summed E-state index contributed by atoms with van der Waals surface area (Å²) in [4.78, 5) is 5.79. The normalized spacial score (nSPS) is 23.4. The van der Waals surface area contributed by atoms with Gasteiger partial charge in [-0.15, -0.1) is 0 Å². The van der Waals surface area contributed by atoms with E-state index in [1.807, 2.05) is 6.07 Å². The van der Waals surface area contributed by atoms with Crippen LogP contribution in [0.1, 0.15) is 11.3 Å². The molecule has 1 aromatic carbocycles. The van der Waals surface area contributed by atoms with Gasteiger partial charge in [-0.3, -0.25) is 4.90 Å². The molecule has 2 aromatic rings. The summed E-state index contributed by atoms with van der Waals surface area (Å²) in [6.45, 7) is 4.78. The summed E-state index contributed by atoms with van der Waals surface area (Å²) in [7, 11) is 0. The summed E-state index contributed by atoms with van der Waals surface area (Å²) in [5.74, 6) is -0.176. The van der Waals surface area contributed by atoms with Crippen molar-refractivity contribution in [3.63, 3.8) is 0 Å². The Morgan fingerprint density at radius 1 is 1.33 bits per heavy atom. The maximum atomic E-state index is 13.5. The number of hydrogen-bond donors (Lipinski definition) is 1. The molecule has 1 atom stereocenters. The maximum Gasteiger partial charge on any atom is 0.123 e. The Hall–Kier alpha value is -1.43. The first-order chi connectivity index (χ1) is 10.3. The van der Waals surface area contributed by atoms with Crippen LogP contribution in [0.25, 0.3) is 10.9 Å². The minimum absolute atomic E-state index is 0.155. The van der Waals surface area contributed by atoms with E-state index in [0.717, 1.165) is 37.0 Å². The largest absolute Gasteiger partial charge is 0.376 e. The van der Waals surface area contributed by atoms with Gasteiger partial charge in [0.25, 0.3) is 0 Å². The number of nitrogens with one attached hydrogen (secondary N) is 1. The smallest absolute Gasteiger partial charge is 0.123 e. The van der Waals surface area contributed by atoms with Crippen LogP contribution in [-0.2, 0) is 22.4 Å². The topological polar surface area (TPSA) is 37.5 Å². The van der Waals surface area contributed by atoms with Gasteiger partial charge in [-0.25, -0.2) is 4.39 Å². The molecule has 3 heterocycles. The lowest BCUT2D eigenvalue weighted by Gasteiger charge is -2.32. The van der Waals surface area contributed by atoms with Crippen molar-refractivity contribution in [2.45, 2.75) is 19.1 Å². The van der Waals surface area contributed by atoms with E-state index in [9.17, 15) is 4.39 Å². The lowest BCUT2D eigenvalue weighted by molar-refractivity contribution is -0.0985. The van der Waals surface area contributed by atoms with Crippen LogP contribution in [0.4, 0.5) is 4.39 Å². The Morgan fingerprint density at radius 2 is 2.29 bits per heavy atom. The van der Waals surface area contributed by atoms with Crippen molar-refractivity contribution in [1.82, 2.24) is 9.88 Å². The van der Waals surface area contributed by atoms with Crippen LogP contribution in [0.15, 0.2) is 18.2 Å². The van der Waals surface area contributed by atoms with Crippen molar-refractivity contribution >= 4 is 10.9 Å². The van der Waals surface area contributed by atoms with Crippen molar-refractivity contribution in [2.24, 2.45) is 0 Å². The van der Waals surface area contributed by atoms with E-state index in [1.165, 1.54) is 17.3 Å². The third kappa shape index (κ3) is 2.57. The molecular formula is C16H19FN2O2. The lowest BCUT2D eigenvalue weighted by atomic mass is 10.0. The van der Waals surface area contributed by atoms with E-state index in [1.54, 1.807) is 6.07 Å². The second-order valence-corrected chi connectivity index (χ2v) is 5.82. The second-order valence-electron chi connectivity index (χ2n) is 5.82. The Morgan fingerprint density at radius 3 is 3.14 bits per heavy atom. The summed E-state index contributed by atoms with van der Waals surface area (Å²) in [5.41, 5.74) is 3.50. The molecule has 1 saturated heterocycles. The van der Waals surface area contributed by atoms with Gasteiger partial charge in [0.1, 0.15) is 5.82 Å². The second kappa shape index (κ2) is 5.40. The van der Waals surface area contributed by atoms with Gasteiger partial charge in [0.05, 0.1) is 25.9 Å². The molecule has 4 nitrogen and oxygen atoms in total. The summed E-state index contributed by atoms with van der Waals surface area (Å²) < 4.78 is 24.7. The van der Waals surface area contributed by atoms with Gasteiger partial charge >= 0.3 is 0 Å². The average Bonchev–Trinajstić information content (AvgIpc) is 2.86. The van der Waals surface area contributed by atoms with Crippen molar-refractivity contribution in [2.75, 3.05) is 32.9 Å². The third-order valence-corrected chi connectivity index (χ3v) is 4.36. The zero-order valence-electron chi connectivity index (χ0n) is 11.9. The Balaban J connectivity index is 1.55. The quantitative estimate of drug-likeness (QED) is 0.920. The average molecular weight is 290 g/mol. The van der Waals surface area contributed by atoms with Crippen molar-refractivity contribution < 1.29 is 13.9 Å². The fourth-order valence-electron chi connectivity index (χ4n) is 3.33. The van der Waals surface area contributed by atoms with Gasteiger partial charge in [-0.05, 0) is 23.8 Å². The van der Waals surface area contributed by atoms with Crippen LogP contribution >= 0.6 is 0 Å². The summed E-state index contributed by atoms with van der Waals surface area (Å²) >= 11 is 0. The zero-order valence-corrected chi connectivity index (χ0v) is 11.9. The molecule has 2 aliphatic rings. The van der Waals surface area contributed by atoms with E-state index in [4.69, 9.17) is 9.47 Å². The minimum atomic E-state index is -0.176. The van der Waals surface area contributed by atoms with Gasteiger partial charge in [-0.2, -0.15) is 0 Å². The molecule has 0 radical (unpaired) electrons. The number of fused-ring (bicyclic) bond motifs is 3. The minimum Gasteiger partial charge on any atom is -0.376 e. The highest BCUT2D eigenvalue weighted by molar-refractivity contribution is 5.84. The van der Waals surface area contributed by atoms with Crippen LogP contribution in [-0.4, -0.2) is 48.9 Å². The van der Waals surface area contributed by atoms with Gasteiger partial charge in [0, 0.05) is 42.7 Å². The molecule has 0 saturated carbocycles. The molecule has 5 heteroatoms. The number of benzene rings is 1. The van der Waals surface area contributed by atoms with Crippen LogP contribution in [0.5, 0.6) is 0 Å². The summed E-state index contributed by atoms with van der Waals surface area (Å²) in [6.07, 6.45) is 1.13. The molecule has 0 bridgehead atoms. The first kappa shape index (κ1) is 13.2. The zero-order chi connectivity index (χ0) is 14.2. The number of ether oxygens (including phenoxy) is 2. The molecule has 0 aliphatic carbocycles. The van der Waals surface area contributed by atoms with E-state index in [0.29, 0.717) is 19.8 Å². The number of rotatable bonds is 2. The highest BCUT2D eigenvalue weighted by Crippen LogP contribution is 2.28. The van der Waals surface area contributed by atoms with Crippen molar-refractivity contribution in [3.8, 4) is 0 Å². The fraction of sp³-hybridized carbons (Fsp3) is 0.500. The van der Waals surface area contributed by atoms with Crippen LogP contribution in [0, 0.1) is 5.82 Å². The monoisotopic (exact) mass is 290 g/mol. The van der Waals surface area contributed by atoms with Gasteiger partial charge < -0.3 is 14.5 Å². The number of H-pyrrole nitrogens is 1. The molecule has 0 spiro atoms. The van der Waals surface area contributed by atoms with Crippen LogP contribution < -0.4 is 0 Å². The predicted octanol–water partition coefficient (Wildman–Crippen LogP) is 2.08. The van der Waals surface area contributed by atoms with Crippen molar-refractivity contribution in [1.29, 1.82) is 0 Å². The van der Waals surface area contributed by atoms with E-state index in [2.05, 4.69) is 9.88 Å². The molecule has 0 amide bonds. The highest BCUT2D eigenvalue weighted by atomic mass is 19.1. The first-order valence-corrected chi connectivity index (χ1v) is 7.50. The maximum absolute atomic E-state index is 13.5. The number of nitrogens with zero attached hydrogens (tertiary/aromatic N) is 1. The fourth-order valence-corrected chi connectivity index (χ4v) is 3.33. The third-order valence-electron chi connectivity index (χ3n) is 4.36. The van der Waals surface area contributed by atoms with E-state index in [-0.39, 0.29) is 11.9 Å². The molecular weight excluding hydrogens is 271 g/mol. The van der Waals surface area contributed by atoms with Gasteiger partial charge in [0.2, 0.25) is 0 Å². The highest BCUT2D eigenvalue weighted by Gasteiger charge is 2.24. The summed E-state index contributed by atoms with van der Waals surface area (Å²) in [5, 5.41) is 1.01. The molecule has 1 N–H and O–H groups in total. The lowest BCUT2D eigenvalue weighted by Crippen LogP contribution is -2.41. The Kier molecular flexibility index (Phi) is 3.41. The molecule has 0 unspecified atom stereocenters. The number of hydrogen-bond acceptors (Lipinski definition) is 3. The Labute approximate surface area is 122 Å². The molecule has 2 aliphatic heterocycles. The molecule has 1 aromatic heterocycles. The van der Waals surface area contributed by atoms with Crippen LogP contribution in [0.2, 0.25) is 0 Å². The van der Waals surface area contributed by atoms with Crippen LogP contribution in [0.3, 0.4) is 0 Å². The molecule has 1 fully saturated rings. The van der Waals surface area contributed by atoms with Crippen molar-refractivity contribution in [3.05, 3.63) is 35.3 Å². The molecule has 21 heavy (non-hydrogen) atoms. The first-order valence-electron chi connectivity index (χ1n) is 7.50.